The van der Waals surface area contributed by atoms with Gasteiger partial charge in [-0.05, 0) is 47.4 Å². The van der Waals surface area contributed by atoms with E-state index in [1.807, 2.05) is 6.07 Å². The van der Waals surface area contributed by atoms with Gasteiger partial charge < -0.3 is 9.64 Å². The summed E-state index contributed by atoms with van der Waals surface area (Å²) in [6.45, 7) is 1.70. The van der Waals surface area contributed by atoms with Crippen LogP contribution in [0.3, 0.4) is 0 Å². The molecular formula is C25H24F2N2O3. The lowest BCUT2D eigenvalue weighted by Gasteiger charge is -2.18. The Morgan fingerprint density at radius 3 is 2.25 bits per heavy atom. The number of aromatic nitrogens is 1. The number of ketones is 1. The van der Waals surface area contributed by atoms with Crippen LogP contribution >= 0.6 is 0 Å². The average Bonchev–Trinajstić information content (AvgIpc) is 2.81. The number of benzene rings is 2. The van der Waals surface area contributed by atoms with E-state index in [1.165, 1.54) is 43.3 Å². The van der Waals surface area contributed by atoms with E-state index in [4.69, 9.17) is 4.74 Å². The van der Waals surface area contributed by atoms with Crippen LogP contribution in [0.4, 0.5) is 14.5 Å². The minimum absolute atomic E-state index is 0.0133. The van der Waals surface area contributed by atoms with E-state index >= 15 is 0 Å². The summed E-state index contributed by atoms with van der Waals surface area (Å²) in [7, 11) is 3.03. The predicted octanol–water partition coefficient (Wildman–Crippen LogP) is 5.22. The molecule has 0 N–H and O–H groups in total. The first kappa shape index (κ1) is 23.1. The van der Waals surface area contributed by atoms with Gasteiger partial charge in [0.25, 0.3) is 0 Å². The number of carbonyl (C=O) groups excluding carboxylic acids is 2. The van der Waals surface area contributed by atoms with Crippen LogP contribution in [0.2, 0.25) is 0 Å². The third-order valence-corrected chi connectivity index (χ3v) is 5.24. The van der Waals surface area contributed by atoms with Crippen molar-refractivity contribution in [3.05, 3.63) is 77.5 Å². The Balaban J connectivity index is 1.73. The third-order valence-electron chi connectivity index (χ3n) is 5.24. The highest BCUT2D eigenvalue weighted by atomic mass is 19.1. The topological polar surface area (TPSA) is 59.5 Å². The van der Waals surface area contributed by atoms with Gasteiger partial charge in [0.05, 0.1) is 18.4 Å². The van der Waals surface area contributed by atoms with Crippen LogP contribution in [0.5, 0.6) is 5.88 Å². The van der Waals surface area contributed by atoms with Crippen LogP contribution in [0, 0.1) is 11.6 Å². The molecule has 32 heavy (non-hydrogen) atoms. The van der Waals surface area contributed by atoms with Gasteiger partial charge in [0.2, 0.25) is 11.8 Å². The van der Waals surface area contributed by atoms with Gasteiger partial charge in [-0.15, -0.1) is 0 Å². The van der Waals surface area contributed by atoms with E-state index in [1.54, 1.807) is 31.3 Å². The monoisotopic (exact) mass is 438 g/mol. The van der Waals surface area contributed by atoms with Crippen molar-refractivity contribution in [3.8, 4) is 17.0 Å². The molecule has 0 spiro atoms. The second-order valence-electron chi connectivity index (χ2n) is 7.30. The van der Waals surface area contributed by atoms with Crippen molar-refractivity contribution in [2.45, 2.75) is 26.2 Å². The molecule has 0 fully saturated rings. The number of amides is 1. The number of hydrogen-bond donors (Lipinski definition) is 0. The van der Waals surface area contributed by atoms with Crippen LogP contribution < -0.4 is 9.64 Å². The van der Waals surface area contributed by atoms with Crippen molar-refractivity contribution in [3.63, 3.8) is 0 Å². The molecule has 1 aromatic heterocycles. The Morgan fingerprint density at radius 2 is 1.69 bits per heavy atom. The molecule has 0 bridgehead atoms. The lowest BCUT2D eigenvalue weighted by molar-refractivity contribution is -0.118. The molecule has 3 aromatic rings. The highest BCUT2D eigenvalue weighted by molar-refractivity contribution is 5.97. The van der Waals surface area contributed by atoms with E-state index in [9.17, 15) is 18.4 Å². The van der Waals surface area contributed by atoms with Gasteiger partial charge in [-0.3, -0.25) is 9.59 Å². The Bertz CT molecular complexity index is 1130. The van der Waals surface area contributed by atoms with Crippen molar-refractivity contribution < 1.29 is 23.1 Å². The quantitative estimate of drug-likeness (QED) is 0.452. The van der Waals surface area contributed by atoms with Gasteiger partial charge in [0.15, 0.2) is 5.78 Å². The number of hydrogen-bond acceptors (Lipinski definition) is 4. The Kier molecular flexibility index (Phi) is 7.30. The zero-order valence-electron chi connectivity index (χ0n) is 18.2. The zero-order valence-corrected chi connectivity index (χ0v) is 18.2. The summed E-state index contributed by atoms with van der Waals surface area (Å²) >= 11 is 0. The lowest BCUT2D eigenvalue weighted by Crippen LogP contribution is -2.25. The van der Waals surface area contributed by atoms with Crippen molar-refractivity contribution in [1.82, 2.24) is 4.98 Å². The molecule has 1 amide bonds. The van der Waals surface area contributed by atoms with E-state index in [-0.39, 0.29) is 35.8 Å². The summed E-state index contributed by atoms with van der Waals surface area (Å²) in [5.41, 5.74) is 1.87. The predicted molar refractivity (Wildman–Crippen MR) is 119 cm³/mol. The van der Waals surface area contributed by atoms with Gasteiger partial charge in [-0.25, -0.2) is 13.8 Å². The molecule has 166 valence electrons. The van der Waals surface area contributed by atoms with Crippen molar-refractivity contribution >= 4 is 17.4 Å². The maximum Gasteiger partial charge on any atom is 0.226 e. The number of Topliss-reactive ketones (excluding diaryl/α,β-unsaturated/α-hetero) is 1. The van der Waals surface area contributed by atoms with Crippen LogP contribution in [-0.2, 0) is 11.2 Å². The summed E-state index contributed by atoms with van der Waals surface area (Å²) in [4.78, 5) is 29.6. The Labute approximate surface area is 185 Å². The van der Waals surface area contributed by atoms with Gasteiger partial charge >= 0.3 is 0 Å². The summed E-state index contributed by atoms with van der Waals surface area (Å²) in [5.74, 6) is -1.31. The molecule has 0 aliphatic heterocycles. The first-order valence-electron chi connectivity index (χ1n) is 10.2. The number of methoxy groups -OCH3 is 1. The largest absolute Gasteiger partial charge is 0.481 e. The molecule has 0 aliphatic rings. The zero-order chi connectivity index (χ0) is 23.3. The van der Waals surface area contributed by atoms with Gasteiger partial charge in [0, 0.05) is 32.2 Å². The molecule has 2 aromatic carbocycles. The molecule has 7 heteroatoms. The van der Waals surface area contributed by atoms with E-state index in [0.717, 1.165) is 5.56 Å². The molecule has 3 rings (SSSR count). The number of nitrogens with zero attached hydrogens (tertiary/aromatic N) is 2. The summed E-state index contributed by atoms with van der Waals surface area (Å²) in [6, 6.07) is 12.1. The third kappa shape index (κ3) is 5.17. The fourth-order valence-electron chi connectivity index (χ4n) is 3.32. The van der Waals surface area contributed by atoms with Gasteiger partial charge in [-0.2, -0.15) is 0 Å². The van der Waals surface area contributed by atoms with Gasteiger partial charge in [0.1, 0.15) is 11.6 Å². The van der Waals surface area contributed by atoms with Crippen LogP contribution in [-0.4, -0.2) is 30.8 Å². The molecule has 0 saturated heterocycles. The van der Waals surface area contributed by atoms with Crippen LogP contribution in [0.1, 0.15) is 35.7 Å². The fraction of sp³-hybridized carbons (Fsp3) is 0.240. The first-order chi connectivity index (χ1) is 15.3. The lowest BCUT2D eigenvalue weighted by atomic mass is 9.99. The van der Waals surface area contributed by atoms with Gasteiger partial charge in [-0.1, -0.05) is 25.1 Å². The first-order valence-corrected chi connectivity index (χ1v) is 10.2. The van der Waals surface area contributed by atoms with Crippen molar-refractivity contribution in [2.75, 3.05) is 19.1 Å². The second-order valence-corrected chi connectivity index (χ2v) is 7.30. The Hall–Kier alpha value is -3.61. The molecule has 0 atom stereocenters. The molecule has 0 aliphatic carbocycles. The highest BCUT2D eigenvalue weighted by Crippen LogP contribution is 2.28. The standard InChI is InChI=1S/C25H24F2N2O3/c1-4-25(31)29(2)22-10-8-18(14-21(22)27)17-7-9-19(20(26)13-17)23(30)11-5-16-6-12-24(32-3)28-15-16/h6-10,12-15H,4-5,11H2,1-3H3. The number of aryl methyl sites for hydroxylation is 1. The maximum atomic E-state index is 14.7. The number of ether oxygens (including phenoxy) is 1. The maximum absolute atomic E-state index is 14.7. The van der Waals surface area contributed by atoms with E-state index < -0.39 is 11.6 Å². The van der Waals surface area contributed by atoms with E-state index in [2.05, 4.69) is 4.98 Å². The Morgan fingerprint density at radius 1 is 1.00 bits per heavy atom. The van der Waals surface area contributed by atoms with Crippen LogP contribution in [0.25, 0.3) is 11.1 Å². The molecule has 1 heterocycles. The summed E-state index contributed by atoms with van der Waals surface area (Å²) in [5, 5.41) is 0. The number of carbonyl (C=O) groups is 2. The number of anilines is 1. The SMILES string of the molecule is CCC(=O)N(C)c1ccc(-c2ccc(C(=O)CCc3ccc(OC)nc3)c(F)c2)cc1F. The van der Waals surface area contributed by atoms with Crippen molar-refractivity contribution in [1.29, 1.82) is 0 Å². The number of pyridine rings is 1. The molecular weight excluding hydrogens is 414 g/mol. The molecule has 5 nitrogen and oxygen atoms in total. The molecule has 0 unspecified atom stereocenters. The fourth-order valence-corrected chi connectivity index (χ4v) is 3.32. The summed E-state index contributed by atoms with van der Waals surface area (Å²) in [6.07, 6.45) is 2.43. The minimum atomic E-state index is -0.664. The minimum Gasteiger partial charge on any atom is -0.481 e. The smallest absolute Gasteiger partial charge is 0.226 e. The number of rotatable bonds is 8. The molecule has 0 saturated carbocycles. The number of halogens is 2. The normalized spacial score (nSPS) is 10.7. The van der Waals surface area contributed by atoms with E-state index in [0.29, 0.717) is 23.4 Å². The van der Waals surface area contributed by atoms with Crippen molar-refractivity contribution in [2.24, 2.45) is 0 Å². The molecule has 0 radical (unpaired) electrons. The van der Waals surface area contributed by atoms with Crippen LogP contribution in [0.15, 0.2) is 54.7 Å². The average molecular weight is 438 g/mol. The second kappa shape index (κ2) is 10.1. The summed E-state index contributed by atoms with van der Waals surface area (Å²) < 4.78 is 34.2. The highest BCUT2D eigenvalue weighted by Gasteiger charge is 2.16.